The van der Waals surface area contributed by atoms with Crippen LogP contribution in [0.5, 0.6) is 0 Å². The fraction of sp³-hybridized carbons (Fsp3) is 0.533. The van der Waals surface area contributed by atoms with E-state index in [1.807, 2.05) is 0 Å². The van der Waals surface area contributed by atoms with Gasteiger partial charge < -0.3 is 11.1 Å². The molecule has 0 aliphatic carbocycles. The molecule has 0 spiro atoms. The Balaban J connectivity index is 2.79. The van der Waals surface area contributed by atoms with Crippen LogP contribution in [-0.2, 0) is 10.2 Å². The van der Waals surface area contributed by atoms with Gasteiger partial charge in [0.1, 0.15) is 0 Å². The fourth-order valence-electron chi connectivity index (χ4n) is 2.10. The Morgan fingerprint density at radius 2 is 2.00 bits per heavy atom. The van der Waals surface area contributed by atoms with Crippen molar-refractivity contribution in [1.29, 1.82) is 0 Å². The molecule has 1 aromatic carbocycles. The van der Waals surface area contributed by atoms with Gasteiger partial charge in [-0.1, -0.05) is 37.6 Å². The molecule has 0 saturated carbocycles. The summed E-state index contributed by atoms with van der Waals surface area (Å²) in [5, 5.41) is 2.95. The topological polar surface area (TPSA) is 55.1 Å². The number of hydrogen-bond donors (Lipinski definition) is 2. The van der Waals surface area contributed by atoms with E-state index < -0.39 is 0 Å². The normalized spacial score (nSPS) is 11.4. The largest absolute Gasteiger partial charge is 0.355 e. The number of benzene rings is 1. The summed E-state index contributed by atoms with van der Waals surface area (Å²) in [4.78, 5) is 11.5. The molecular weight excluding hydrogens is 224 g/mol. The van der Waals surface area contributed by atoms with Gasteiger partial charge in [0.15, 0.2) is 0 Å². The zero-order chi connectivity index (χ0) is 13.8. The van der Waals surface area contributed by atoms with Gasteiger partial charge in [-0.15, -0.1) is 0 Å². The third-order valence-electron chi connectivity index (χ3n) is 3.22. The molecule has 0 saturated heterocycles. The van der Waals surface area contributed by atoms with E-state index in [0.717, 1.165) is 0 Å². The molecule has 0 unspecified atom stereocenters. The highest BCUT2D eigenvalue weighted by atomic mass is 16.1. The molecule has 0 heterocycles. The Kier molecular flexibility index (Phi) is 4.91. The average Bonchev–Trinajstić information content (AvgIpc) is 2.30. The lowest BCUT2D eigenvalue weighted by Gasteiger charge is -2.28. The van der Waals surface area contributed by atoms with E-state index in [4.69, 9.17) is 5.73 Å². The van der Waals surface area contributed by atoms with Crippen LogP contribution in [0.25, 0.3) is 0 Å². The maximum absolute atomic E-state index is 11.5. The Morgan fingerprint density at radius 3 is 2.61 bits per heavy atom. The van der Waals surface area contributed by atoms with Crippen LogP contribution in [0, 0.1) is 13.8 Å². The SMILES string of the molecule is Cc1ccc(C)c(C(C)(C)CNC(=O)CCN)c1. The molecule has 0 aromatic heterocycles. The van der Waals surface area contributed by atoms with E-state index in [-0.39, 0.29) is 11.3 Å². The molecule has 1 rings (SSSR count). The van der Waals surface area contributed by atoms with E-state index in [9.17, 15) is 4.79 Å². The van der Waals surface area contributed by atoms with E-state index in [1.165, 1.54) is 16.7 Å². The Morgan fingerprint density at radius 1 is 1.33 bits per heavy atom. The van der Waals surface area contributed by atoms with Crippen LogP contribution in [0.15, 0.2) is 18.2 Å². The van der Waals surface area contributed by atoms with Crippen molar-refractivity contribution in [3.63, 3.8) is 0 Å². The Labute approximate surface area is 110 Å². The number of carbonyl (C=O) groups excluding carboxylic acids is 1. The third kappa shape index (κ3) is 3.84. The predicted molar refractivity (Wildman–Crippen MR) is 75.6 cm³/mol. The van der Waals surface area contributed by atoms with Gasteiger partial charge in [-0.2, -0.15) is 0 Å². The summed E-state index contributed by atoms with van der Waals surface area (Å²) in [6, 6.07) is 6.44. The van der Waals surface area contributed by atoms with E-state index in [0.29, 0.717) is 19.5 Å². The van der Waals surface area contributed by atoms with Gasteiger partial charge >= 0.3 is 0 Å². The maximum atomic E-state index is 11.5. The van der Waals surface area contributed by atoms with Crippen LogP contribution >= 0.6 is 0 Å². The minimum atomic E-state index is -0.0691. The van der Waals surface area contributed by atoms with Crippen molar-refractivity contribution in [3.8, 4) is 0 Å². The zero-order valence-corrected chi connectivity index (χ0v) is 11.8. The smallest absolute Gasteiger partial charge is 0.221 e. The highest BCUT2D eigenvalue weighted by Crippen LogP contribution is 2.26. The minimum absolute atomic E-state index is 0.0240. The summed E-state index contributed by atoms with van der Waals surface area (Å²) in [6.45, 7) is 9.53. The maximum Gasteiger partial charge on any atom is 0.221 e. The molecule has 3 N–H and O–H groups in total. The molecule has 0 aliphatic rings. The van der Waals surface area contributed by atoms with Gasteiger partial charge in [0, 0.05) is 24.9 Å². The first-order valence-electron chi connectivity index (χ1n) is 6.41. The van der Waals surface area contributed by atoms with Crippen LogP contribution < -0.4 is 11.1 Å². The number of hydrogen-bond acceptors (Lipinski definition) is 2. The molecule has 18 heavy (non-hydrogen) atoms. The number of nitrogens with one attached hydrogen (secondary N) is 1. The van der Waals surface area contributed by atoms with Gasteiger partial charge in [-0.05, 0) is 25.0 Å². The average molecular weight is 248 g/mol. The molecule has 0 atom stereocenters. The summed E-state index contributed by atoms with van der Waals surface area (Å²) in [5.74, 6) is 0.0240. The molecule has 0 bridgehead atoms. The third-order valence-corrected chi connectivity index (χ3v) is 3.22. The molecular formula is C15H24N2O. The van der Waals surface area contributed by atoms with Crippen LogP contribution in [0.4, 0.5) is 0 Å². The second-order valence-corrected chi connectivity index (χ2v) is 5.52. The lowest BCUT2D eigenvalue weighted by molar-refractivity contribution is -0.121. The number of aryl methyl sites for hydroxylation is 2. The first kappa shape index (κ1) is 14.7. The highest BCUT2D eigenvalue weighted by Gasteiger charge is 2.23. The van der Waals surface area contributed by atoms with E-state index in [1.54, 1.807) is 0 Å². The first-order chi connectivity index (χ1) is 8.36. The summed E-state index contributed by atoms with van der Waals surface area (Å²) < 4.78 is 0. The molecule has 3 nitrogen and oxygen atoms in total. The van der Waals surface area contributed by atoms with E-state index in [2.05, 4.69) is 51.2 Å². The monoisotopic (exact) mass is 248 g/mol. The van der Waals surface area contributed by atoms with Crippen LogP contribution in [-0.4, -0.2) is 19.0 Å². The first-order valence-corrected chi connectivity index (χ1v) is 6.41. The summed E-state index contributed by atoms with van der Waals surface area (Å²) >= 11 is 0. The fourth-order valence-corrected chi connectivity index (χ4v) is 2.10. The predicted octanol–water partition coefficient (Wildman–Crippen LogP) is 2.05. The van der Waals surface area contributed by atoms with Gasteiger partial charge in [-0.3, -0.25) is 4.79 Å². The molecule has 100 valence electrons. The van der Waals surface area contributed by atoms with Gasteiger partial charge in [0.25, 0.3) is 0 Å². The number of rotatable bonds is 5. The Bertz CT molecular complexity index is 425. The Hall–Kier alpha value is -1.35. The molecule has 1 aromatic rings. The van der Waals surface area contributed by atoms with Crippen molar-refractivity contribution < 1.29 is 4.79 Å². The van der Waals surface area contributed by atoms with Crippen molar-refractivity contribution in [2.45, 2.75) is 39.5 Å². The number of carbonyl (C=O) groups is 1. The van der Waals surface area contributed by atoms with Crippen LogP contribution in [0.1, 0.15) is 37.0 Å². The van der Waals surface area contributed by atoms with Gasteiger partial charge in [0.05, 0.1) is 0 Å². The van der Waals surface area contributed by atoms with Crippen molar-refractivity contribution in [2.75, 3.05) is 13.1 Å². The number of amides is 1. The van der Waals surface area contributed by atoms with Gasteiger partial charge in [-0.25, -0.2) is 0 Å². The summed E-state index contributed by atoms with van der Waals surface area (Å²) in [5.41, 5.74) is 9.09. The molecule has 0 aliphatic heterocycles. The lowest BCUT2D eigenvalue weighted by Crippen LogP contribution is -2.37. The van der Waals surface area contributed by atoms with Gasteiger partial charge in [0.2, 0.25) is 5.91 Å². The molecule has 0 fully saturated rings. The van der Waals surface area contributed by atoms with E-state index >= 15 is 0 Å². The van der Waals surface area contributed by atoms with Crippen LogP contribution in [0.3, 0.4) is 0 Å². The van der Waals surface area contributed by atoms with Crippen LogP contribution in [0.2, 0.25) is 0 Å². The standard InChI is InChI=1S/C15H24N2O/c1-11-5-6-12(2)13(9-11)15(3,4)10-17-14(18)7-8-16/h5-6,9H,7-8,10,16H2,1-4H3,(H,17,18). The van der Waals surface area contributed by atoms with Crippen molar-refractivity contribution in [1.82, 2.24) is 5.32 Å². The zero-order valence-electron chi connectivity index (χ0n) is 11.8. The van der Waals surface area contributed by atoms with Crippen molar-refractivity contribution >= 4 is 5.91 Å². The highest BCUT2D eigenvalue weighted by molar-refractivity contribution is 5.76. The molecule has 1 amide bonds. The summed E-state index contributed by atoms with van der Waals surface area (Å²) in [7, 11) is 0. The quantitative estimate of drug-likeness (QED) is 0.838. The van der Waals surface area contributed by atoms with Crippen molar-refractivity contribution in [2.24, 2.45) is 5.73 Å². The number of nitrogens with two attached hydrogens (primary N) is 1. The second kappa shape index (κ2) is 6.01. The lowest BCUT2D eigenvalue weighted by atomic mass is 9.81. The minimum Gasteiger partial charge on any atom is -0.355 e. The second-order valence-electron chi connectivity index (χ2n) is 5.52. The molecule has 0 radical (unpaired) electrons. The summed E-state index contributed by atoms with van der Waals surface area (Å²) in [6.07, 6.45) is 0.392. The molecule has 3 heteroatoms. The van der Waals surface area contributed by atoms with Crippen molar-refractivity contribution in [3.05, 3.63) is 34.9 Å².